The Labute approximate surface area is 290 Å². The van der Waals surface area contributed by atoms with Crippen molar-refractivity contribution in [3.05, 3.63) is 107 Å². The first-order chi connectivity index (χ1) is 23.7. The maximum atomic E-state index is 13.0. The number of sulfone groups is 2. The molecule has 0 aliphatic heterocycles. The molecule has 0 radical (unpaired) electrons. The second-order valence-electron chi connectivity index (χ2n) is 12.3. The van der Waals surface area contributed by atoms with E-state index in [0.29, 0.717) is 11.1 Å². The fourth-order valence-corrected chi connectivity index (χ4v) is 9.21. The molecular formula is C40H45NO6S2. The van der Waals surface area contributed by atoms with Gasteiger partial charge in [-0.25, -0.2) is 16.8 Å². The smallest absolute Gasteiger partial charge is 0.179 e. The van der Waals surface area contributed by atoms with Crippen LogP contribution in [-0.2, 0) is 26.2 Å². The first-order valence-electron chi connectivity index (χ1n) is 17.0. The third kappa shape index (κ3) is 8.78. The van der Waals surface area contributed by atoms with Gasteiger partial charge in [-0.2, -0.15) is 0 Å². The van der Waals surface area contributed by atoms with E-state index in [0.717, 1.165) is 58.7 Å². The highest BCUT2D eigenvalue weighted by Gasteiger charge is 2.18. The van der Waals surface area contributed by atoms with Gasteiger partial charge in [-0.15, -0.1) is 0 Å². The summed E-state index contributed by atoms with van der Waals surface area (Å²) < 4.78 is 54.2. The summed E-state index contributed by atoms with van der Waals surface area (Å²) in [4.78, 5) is 0.507. The first-order valence-corrected chi connectivity index (χ1v) is 20.3. The molecule has 0 aliphatic rings. The minimum atomic E-state index is -3.54. The van der Waals surface area contributed by atoms with Crippen molar-refractivity contribution < 1.29 is 27.0 Å². The molecule has 9 heteroatoms. The minimum absolute atomic E-state index is 0.111. The molecule has 2 N–H and O–H groups in total. The number of aliphatic hydroxyl groups excluding tert-OH is 2. The average molecular weight is 700 g/mol. The summed E-state index contributed by atoms with van der Waals surface area (Å²) in [5.74, 6) is -0.222. The Bertz CT molecular complexity index is 2030. The van der Waals surface area contributed by atoms with E-state index in [4.69, 9.17) is 0 Å². The number of hydrogen-bond donors (Lipinski definition) is 2. The predicted molar refractivity (Wildman–Crippen MR) is 202 cm³/mol. The van der Waals surface area contributed by atoms with E-state index in [2.05, 4.69) is 47.9 Å². The van der Waals surface area contributed by atoms with Gasteiger partial charge >= 0.3 is 0 Å². The molecule has 5 rings (SSSR count). The van der Waals surface area contributed by atoms with Crippen molar-refractivity contribution in [2.45, 2.75) is 61.8 Å². The zero-order valence-corrected chi connectivity index (χ0v) is 29.6. The van der Waals surface area contributed by atoms with E-state index in [-0.39, 0.29) is 47.4 Å². The topological polar surface area (TPSA) is 114 Å². The van der Waals surface area contributed by atoms with Crippen molar-refractivity contribution in [1.29, 1.82) is 0 Å². The van der Waals surface area contributed by atoms with Crippen LogP contribution in [0.3, 0.4) is 0 Å². The highest BCUT2D eigenvalue weighted by atomic mass is 32.2. The number of hydrogen-bond acceptors (Lipinski definition) is 6. The van der Waals surface area contributed by atoms with Gasteiger partial charge in [0, 0.05) is 41.6 Å². The number of fused-ring (bicyclic) bond motifs is 3. The van der Waals surface area contributed by atoms with Crippen LogP contribution in [0.15, 0.2) is 94.7 Å². The number of unbranched alkanes of at least 4 members (excludes halogenated alkanes) is 3. The van der Waals surface area contributed by atoms with Gasteiger partial charge in [0.25, 0.3) is 0 Å². The standard InChI is InChI=1S/C40H45NO6S2/c1-2-3-4-9-24-41-37-22-18-31(16-20-33-12-5-7-14-39(33)48(44,45)27-10-25-42)29-35(37)36-30-32(19-23-38(36)41)17-21-34-13-6-8-15-40(34)49(46,47)28-11-26-43/h5-8,12-23,29-30,42-43H,2-4,9-11,24-28H2,1H3. The fourth-order valence-electron chi connectivity index (χ4n) is 6.19. The van der Waals surface area contributed by atoms with Crippen molar-refractivity contribution >= 4 is 65.8 Å². The number of aryl methyl sites for hydroxylation is 1. The average Bonchev–Trinajstić information content (AvgIpc) is 3.42. The highest BCUT2D eigenvalue weighted by Crippen LogP contribution is 2.33. The normalized spacial score (nSPS) is 12.6. The Morgan fingerprint density at radius 3 is 1.49 bits per heavy atom. The molecule has 0 aliphatic carbocycles. The third-order valence-electron chi connectivity index (χ3n) is 8.71. The van der Waals surface area contributed by atoms with Crippen LogP contribution >= 0.6 is 0 Å². The Balaban J connectivity index is 1.54. The molecule has 49 heavy (non-hydrogen) atoms. The zero-order valence-electron chi connectivity index (χ0n) is 28.0. The monoisotopic (exact) mass is 699 g/mol. The molecule has 0 amide bonds. The number of aliphatic hydroxyl groups is 2. The Morgan fingerprint density at radius 1 is 0.571 bits per heavy atom. The second kappa shape index (κ2) is 16.6. The van der Waals surface area contributed by atoms with Crippen molar-refractivity contribution in [3.8, 4) is 0 Å². The van der Waals surface area contributed by atoms with Gasteiger partial charge in [0.2, 0.25) is 0 Å². The van der Waals surface area contributed by atoms with Crippen LogP contribution in [0.5, 0.6) is 0 Å². The van der Waals surface area contributed by atoms with Crippen LogP contribution < -0.4 is 0 Å². The van der Waals surface area contributed by atoms with Gasteiger partial charge in [-0.3, -0.25) is 0 Å². The van der Waals surface area contributed by atoms with E-state index < -0.39 is 19.7 Å². The molecule has 258 valence electrons. The molecule has 5 aromatic rings. The largest absolute Gasteiger partial charge is 0.396 e. The molecule has 0 unspecified atom stereocenters. The van der Waals surface area contributed by atoms with Crippen LogP contribution in [0.1, 0.15) is 67.7 Å². The van der Waals surface area contributed by atoms with Crippen molar-refractivity contribution in [2.24, 2.45) is 0 Å². The molecule has 0 saturated carbocycles. The highest BCUT2D eigenvalue weighted by molar-refractivity contribution is 7.91. The minimum Gasteiger partial charge on any atom is -0.396 e. The lowest BCUT2D eigenvalue weighted by molar-refractivity contribution is 0.295. The Hall–Kier alpha value is -4.02. The summed E-state index contributed by atoms with van der Waals surface area (Å²) in [5, 5.41) is 20.5. The summed E-state index contributed by atoms with van der Waals surface area (Å²) in [6.07, 6.45) is 12.5. The fraction of sp³-hybridized carbons (Fsp3) is 0.300. The number of aromatic nitrogens is 1. The van der Waals surface area contributed by atoms with Crippen LogP contribution in [0.4, 0.5) is 0 Å². The van der Waals surface area contributed by atoms with Gasteiger partial charge in [-0.05, 0) is 77.9 Å². The van der Waals surface area contributed by atoms with E-state index in [9.17, 15) is 27.0 Å². The second-order valence-corrected chi connectivity index (χ2v) is 16.5. The summed E-state index contributed by atoms with van der Waals surface area (Å²) in [5.41, 5.74) is 5.32. The molecule has 0 bridgehead atoms. The zero-order chi connectivity index (χ0) is 34.9. The molecule has 1 heterocycles. The SMILES string of the molecule is CCCCCCn1c2ccc(C=Cc3ccccc3S(=O)(=O)CCCO)cc2c2cc(C=Cc3ccccc3S(=O)(=O)CCCO)ccc21. The molecule has 0 atom stereocenters. The van der Waals surface area contributed by atoms with Crippen LogP contribution in [0.2, 0.25) is 0 Å². The molecule has 1 aromatic heterocycles. The lowest BCUT2D eigenvalue weighted by atomic mass is 10.1. The van der Waals surface area contributed by atoms with E-state index >= 15 is 0 Å². The van der Waals surface area contributed by atoms with Crippen molar-refractivity contribution in [1.82, 2.24) is 4.57 Å². The maximum absolute atomic E-state index is 13.0. The number of benzene rings is 4. The van der Waals surface area contributed by atoms with E-state index in [1.54, 1.807) is 36.4 Å². The maximum Gasteiger partial charge on any atom is 0.179 e. The van der Waals surface area contributed by atoms with Gasteiger partial charge in [0.15, 0.2) is 19.7 Å². The Kier molecular flexibility index (Phi) is 12.3. The molecule has 0 spiro atoms. The van der Waals surface area contributed by atoms with Crippen LogP contribution in [-0.4, -0.2) is 56.3 Å². The van der Waals surface area contributed by atoms with Crippen molar-refractivity contribution in [3.63, 3.8) is 0 Å². The lowest BCUT2D eigenvalue weighted by Crippen LogP contribution is -2.09. The quantitative estimate of drug-likeness (QED) is 0.0751. The molecule has 0 fully saturated rings. The predicted octanol–water partition coefficient (Wildman–Crippen LogP) is 8.03. The third-order valence-corrected chi connectivity index (χ3v) is 12.4. The molecule has 4 aromatic carbocycles. The van der Waals surface area contributed by atoms with Crippen LogP contribution in [0, 0.1) is 0 Å². The van der Waals surface area contributed by atoms with Crippen molar-refractivity contribution in [2.75, 3.05) is 24.7 Å². The summed E-state index contributed by atoms with van der Waals surface area (Å²) in [7, 11) is -7.08. The van der Waals surface area contributed by atoms with Gasteiger partial charge in [0.1, 0.15) is 0 Å². The first kappa shape index (κ1) is 36.3. The van der Waals surface area contributed by atoms with E-state index in [1.165, 1.54) is 6.42 Å². The van der Waals surface area contributed by atoms with Gasteiger partial charge in [-0.1, -0.05) is 99.0 Å². The van der Waals surface area contributed by atoms with Crippen LogP contribution in [0.25, 0.3) is 46.1 Å². The summed E-state index contributed by atoms with van der Waals surface area (Å²) >= 11 is 0. The molecule has 7 nitrogen and oxygen atoms in total. The summed E-state index contributed by atoms with van der Waals surface area (Å²) in [6.45, 7) is 2.74. The summed E-state index contributed by atoms with van der Waals surface area (Å²) in [6, 6.07) is 26.5. The van der Waals surface area contributed by atoms with Gasteiger partial charge < -0.3 is 14.8 Å². The van der Waals surface area contributed by atoms with E-state index in [1.807, 2.05) is 36.4 Å². The Morgan fingerprint density at radius 2 is 1.04 bits per heavy atom. The lowest BCUT2D eigenvalue weighted by Gasteiger charge is -2.08. The van der Waals surface area contributed by atoms with Gasteiger partial charge in [0.05, 0.1) is 21.3 Å². The number of rotatable bonds is 17. The molecular weight excluding hydrogens is 655 g/mol. The molecule has 0 saturated heterocycles. The number of nitrogens with zero attached hydrogens (tertiary/aromatic N) is 1.